The number of carbonyl (C=O) groups is 2. The van der Waals surface area contributed by atoms with Gasteiger partial charge in [0.2, 0.25) is 5.91 Å². The molecule has 0 spiro atoms. The van der Waals surface area contributed by atoms with Gasteiger partial charge in [0.1, 0.15) is 6.04 Å². The zero-order chi connectivity index (χ0) is 23.3. The van der Waals surface area contributed by atoms with Gasteiger partial charge in [-0.3, -0.25) is 9.59 Å². The summed E-state index contributed by atoms with van der Waals surface area (Å²) in [6, 6.07) is 3.88. The summed E-state index contributed by atoms with van der Waals surface area (Å²) in [7, 11) is 0. The predicted octanol–water partition coefficient (Wildman–Crippen LogP) is 4.66. The Hall–Kier alpha value is -2.77. The quantitative estimate of drug-likeness (QED) is 0.758. The van der Waals surface area contributed by atoms with E-state index in [1.165, 1.54) is 17.0 Å². The predicted molar refractivity (Wildman–Crippen MR) is 114 cm³/mol. The maximum Gasteiger partial charge on any atom is 0.276 e. The second-order valence-corrected chi connectivity index (χ2v) is 8.91. The Balaban J connectivity index is 0.000000785. The van der Waals surface area contributed by atoms with Crippen LogP contribution in [0.2, 0.25) is 0 Å². The second-order valence-electron chi connectivity index (χ2n) is 8.91. The Morgan fingerprint density at radius 2 is 1.84 bits per heavy atom. The molecule has 1 saturated heterocycles. The van der Waals surface area contributed by atoms with Gasteiger partial charge in [0, 0.05) is 24.2 Å². The molecule has 170 valence electrons. The van der Waals surface area contributed by atoms with Crippen LogP contribution in [0.3, 0.4) is 0 Å². The van der Waals surface area contributed by atoms with E-state index in [0.29, 0.717) is 12.5 Å². The Kier molecular flexibility index (Phi) is 8.30. The van der Waals surface area contributed by atoms with Gasteiger partial charge in [-0.1, -0.05) is 39.8 Å². The van der Waals surface area contributed by atoms with Crippen LogP contribution in [-0.2, 0) is 4.79 Å². The number of hydrogen-bond donors (Lipinski definition) is 1. The molecule has 1 fully saturated rings. The fraction of sp³-hybridized carbons (Fsp3) is 0.522. The molecule has 3 rings (SSSR count). The van der Waals surface area contributed by atoms with E-state index in [9.17, 15) is 18.4 Å². The van der Waals surface area contributed by atoms with Crippen molar-refractivity contribution in [3.63, 3.8) is 0 Å². The SMILES string of the molecule is CC(C)C.CC(C)CC1CN(C(=O)c2cc(-c3ccc(F)c(F)c3)on2)C(C)C(=O)N1. The first kappa shape index (κ1) is 24.5. The number of amides is 2. The normalized spacial score (nSPS) is 18.6. The van der Waals surface area contributed by atoms with Crippen molar-refractivity contribution in [3.8, 4) is 11.3 Å². The first-order valence-corrected chi connectivity index (χ1v) is 10.5. The van der Waals surface area contributed by atoms with Crippen molar-refractivity contribution in [2.45, 2.75) is 60.0 Å². The average Bonchev–Trinajstić information content (AvgIpc) is 3.15. The number of rotatable bonds is 4. The van der Waals surface area contributed by atoms with Gasteiger partial charge in [0.25, 0.3) is 5.91 Å². The minimum Gasteiger partial charge on any atom is -0.355 e. The molecule has 1 aliphatic heterocycles. The molecule has 2 heterocycles. The van der Waals surface area contributed by atoms with Crippen molar-refractivity contribution in [2.24, 2.45) is 11.8 Å². The van der Waals surface area contributed by atoms with Crippen LogP contribution in [0.5, 0.6) is 0 Å². The molecular weight excluding hydrogens is 404 g/mol. The standard InChI is InChI=1S/C19H21F2N3O3.C4H10/c1-10(2)6-13-9-24(11(3)18(25)22-13)19(26)16-8-17(27-23-16)12-4-5-14(20)15(21)7-12;1-4(2)3/h4-5,7-8,10-11,13H,6,9H2,1-3H3,(H,22,25);4H,1-3H3. The molecule has 1 N–H and O–H groups in total. The van der Waals surface area contributed by atoms with Crippen LogP contribution in [0.15, 0.2) is 28.8 Å². The van der Waals surface area contributed by atoms with E-state index in [1.54, 1.807) is 6.92 Å². The Morgan fingerprint density at radius 3 is 2.42 bits per heavy atom. The van der Waals surface area contributed by atoms with Crippen LogP contribution in [-0.4, -0.2) is 40.5 Å². The summed E-state index contributed by atoms with van der Waals surface area (Å²) in [5, 5.41) is 6.67. The molecule has 0 bridgehead atoms. The summed E-state index contributed by atoms with van der Waals surface area (Å²) in [5.41, 5.74) is 0.280. The van der Waals surface area contributed by atoms with E-state index < -0.39 is 23.6 Å². The first-order chi connectivity index (χ1) is 14.5. The molecule has 0 aliphatic carbocycles. The van der Waals surface area contributed by atoms with Crippen molar-refractivity contribution in [2.75, 3.05) is 6.54 Å². The average molecular weight is 436 g/mol. The van der Waals surface area contributed by atoms with Crippen LogP contribution >= 0.6 is 0 Å². The van der Waals surface area contributed by atoms with Gasteiger partial charge < -0.3 is 14.7 Å². The minimum absolute atomic E-state index is 0.0135. The van der Waals surface area contributed by atoms with Gasteiger partial charge in [-0.15, -0.1) is 0 Å². The van der Waals surface area contributed by atoms with E-state index >= 15 is 0 Å². The van der Waals surface area contributed by atoms with Gasteiger partial charge in [0.15, 0.2) is 23.1 Å². The number of halogens is 2. The summed E-state index contributed by atoms with van der Waals surface area (Å²) in [5.74, 6) is -1.31. The number of piperazine rings is 1. The van der Waals surface area contributed by atoms with Gasteiger partial charge >= 0.3 is 0 Å². The topological polar surface area (TPSA) is 75.4 Å². The Bertz CT molecular complexity index is 908. The molecule has 1 aliphatic rings. The van der Waals surface area contributed by atoms with E-state index in [0.717, 1.165) is 24.5 Å². The molecule has 0 saturated carbocycles. The molecule has 1 aromatic carbocycles. The fourth-order valence-electron chi connectivity index (χ4n) is 3.17. The van der Waals surface area contributed by atoms with Crippen molar-refractivity contribution < 1.29 is 22.9 Å². The van der Waals surface area contributed by atoms with E-state index in [1.807, 2.05) is 13.8 Å². The molecule has 31 heavy (non-hydrogen) atoms. The molecule has 1 aromatic heterocycles. The van der Waals surface area contributed by atoms with E-state index in [-0.39, 0.29) is 29.0 Å². The van der Waals surface area contributed by atoms with Crippen molar-refractivity contribution in [1.29, 1.82) is 0 Å². The molecule has 2 aromatic rings. The molecule has 0 radical (unpaired) electrons. The van der Waals surface area contributed by atoms with Gasteiger partial charge in [-0.2, -0.15) is 0 Å². The third-order valence-electron chi connectivity index (χ3n) is 4.56. The molecule has 8 heteroatoms. The monoisotopic (exact) mass is 435 g/mol. The lowest BCUT2D eigenvalue weighted by Gasteiger charge is -2.38. The Labute approximate surface area is 182 Å². The molecule has 2 amide bonds. The third kappa shape index (κ3) is 6.60. The van der Waals surface area contributed by atoms with Crippen LogP contribution in [0.4, 0.5) is 8.78 Å². The lowest BCUT2D eigenvalue weighted by atomic mass is 9.99. The van der Waals surface area contributed by atoms with Gasteiger partial charge in [-0.25, -0.2) is 8.78 Å². The van der Waals surface area contributed by atoms with Gasteiger partial charge in [-0.05, 0) is 43.4 Å². The van der Waals surface area contributed by atoms with E-state index in [4.69, 9.17) is 4.52 Å². The third-order valence-corrected chi connectivity index (χ3v) is 4.56. The van der Waals surface area contributed by atoms with Crippen molar-refractivity contribution >= 4 is 11.8 Å². The highest BCUT2D eigenvalue weighted by Crippen LogP contribution is 2.24. The first-order valence-electron chi connectivity index (χ1n) is 10.5. The smallest absolute Gasteiger partial charge is 0.276 e. The lowest BCUT2D eigenvalue weighted by Crippen LogP contribution is -2.60. The number of benzene rings is 1. The highest BCUT2D eigenvalue weighted by Gasteiger charge is 2.36. The fourth-order valence-corrected chi connectivity index (χ4v) is 3.17. The largest absolute Gasteiger partial charge is 0.355 e. The molecular formula is C23H31F2N3O3. The van der Waals surface area contributed by atoms with Crippen LogP contribution < -0.4 is 5.32 Å². The molecule has 2 unspecified atom stereocenters. The highest BCUT2D eigenvalue weighted by molar-refractivity contribution is 5.97. The van der Waals surface area contributed by atoms with Crippen LogP contribution in [0.25, 0.3) is 11.3 Å². The summed E-state index contributed by atoms with van der Waals surface area (Å²) >= 11 is 0. The van der Waals surface area contributed by atoms with Crippen LogP contribution in [0, 0.1) is 23.5 Å². The number of nitrogens with one attached hydrogen (secondary N) is 1. The second kappa shape index (κ2) is 10.5. The summed E-state index contributed by atoms with van der Waals surface area (Å²) < 4.78 is 31.6. The maximum atomic E-state index is 13.4. The summed E-state index contributed by atoms with van der Waals surface area (Å²) in [4.78, 5) is 26.5. The summed E-state index contributed by atoms with van der Waals surface area (Å²) in [6.45, 7) is 12.6. The zero-order valence-electron chi connectivity index (χ0n) is 18.9. The zero-order valence-corrected chi connectivity index (χ0v) is 18.9. The number of aromatic nitrogens is 1. The van der Waals surface area contributed by atoms with Crippen molar-refractivity contribution in [3.05, 3.63) is 41.6 Å². The number of hydrogen-bond acceptors (Lipinski definition) is 4. The number of carbonyl (C=O) groups excluding carboxylic acids is 2. The molecule has 6 nitrogen and oxygen atoms in total. The van der Waals surface area contributed by atoms with Crippen molar-refractivity contribution in [1.82, 2.24) is 15.4 Å². The van der Waals surface area contributed by atoms with E-state index in [2.05, 4.69) is 31.2 Å². The number of nitrogens with zero attached hydrogens (tertiary/aromatic N) is 2. The summed E-state index contributed by atoms with van der Waals surface area (Å²) in [6.07, 6.45) is 0.751. The van der Waals surface area contributed by atoms with Gasteiger partial charge in [0.05, 0.1) is 0 Å². The minimum atomic E-state index is -1.02. The lowest BCUT2D eigenvalue weighted by molar-refractivity contribution is -0.128. The van der Waals surface area contributed by atoms with Crippen LogP contribution in [0.1, 0.15) is 58.5 Å². The maximum absolute atomic E-state index is 13.4. The highest BCUT2D eigenvalue weighted by atomic mass is 19.2. The molecule has 2 atom stereocenters. The Morgan fingerprint density at radius 1 is 1.19 bits per heavy atom.